The zero-order valence-corrected chi connectivity index (χ0v) is 14.0. The first-order chi connectivity index (χ1) is 9.45. The summed E-state index contributed by atoms with van der Waals surface area (Å²) in [5.74, 6) is 0.600. The van der Waals surface area contributed by atoms with Gasteiger partial charge in [-0.1, -0.05) is 27.2 Å². The summed E-state index contributed by atoms with van der Waals surface area (Å²) < 4.78 is 26.8. The summed E-state index contributed by atoms with van der Waals surface area (Å²) >= 11 is 0. The maximum absolute atomic E-state index is 12.0. The van der Waals surface area contributed by atoms with Crippen LogP contribution in [-0.4, -0.2) is 57.8 Å². The minimum atomic E-state index is -3.10. The van der Waals surface area contributed by atoms with Crippen LogP contribution in [0.4, 0.5) is 0 Å². The standard InChI is InChI=1S/C14H31N3O2S/c1-4-15-8-6-5-7-9-16-20(18,19)14-11-17(12-14)10-13(2)3/h13-16H,4-12H2,1-3H3. The van der Waals surface area contributed by atoms with Crippen LogP contribution >= 0.6 is 0 Å². The molecule has 1 aliphatic heterocycles. The number of sulfonamides is 1. The summed E-state index contributed by atoms with van der Waals surface area (Å²) in [5, 5.41) is 3.06. The van der Waals surface area contributed by atoms with Crippen LogP contribution in [0.3, 0.4) is 0 Å². The second kappa shape index (κ2) is 8.97. The summed E-state index contributed by atoms with van der Waals surface area (Å²) in [6, 6.07) is 0. The van der Waals surface area contributed by atoms with E-state index in [4.69, 9.17) is 0 Å². The second-order valence-electron chi connectivity index (χ2n) is 6.09. The summed E-state index contributed by atoms with van der Waals surface area (Å²) in [6.45, 7) is 11.4. The highest BCUT2D eigenvalue weighted by Gasteiger charge is 2.36. The molecule has 1 saturated heterocycles. The highest BCUT2D eigenvalue weighted by atomic mass is 32.2. The van der Waals surface area contributed by atoms with Crippen molar-refractivity contribution in [3.8, 4) is 0 Å². The quantitative estimate of drug-likeness (QED) is 0.560. The van der Waals surface area contributed by atoms with Gasteiger partial charge in [0.25, 0.3) is 0 Å². The Bertz CT molecular complexity index is 351. The number of nitrogens with zero attached hydrogens (tertiary/aromatic N) is 1. The monoisotopic (exact) mass is 305 g/mol. The van der Waals surface area contributed by atoms with E-state index in [-0.39, 0.29) is 5.25 Å². The summed E-state index contributed by atoms with van der Waals surface area (Å²) in [5.41, 5.74) is 0. The summed E-state index contributed by atoms with van der Waals surface area (Å²) in [7, 11) is -3.10. The Morgan fingerprint density at radius 3 is 2.40 bits per heavy atom. The lowest BCUT2D eigenvalue weighted by molar-refractivity contribution is 0.164. The van der Waals surface area contributed by atoms with Gasteiger partial charge in [-0.25, -0.2) is 13.1 Å². The maximum Gasteiger partial charge on any atom is 0.217 e. The molecular formula is C14H31N3O2S. The third-order valence-corrected chi connectivity index (χ3v) is 5.35. The Kier molecular flexibility index (Phi) is 8.02. The molecule has 0 aromatic carbocycles. The minimum absolute atomic E-state index is 0.206. The molecule has 0 unspecified atom stereocenters. The topological polar surface area (TPSA) is 61.4 Å². The molecule has 120 valence electrons. The van der Waals surface area contributed by atoms with Gasteiger partial charge in [0.05, 0.1) is 0 Å². The van der Waals surface area contributed by atoms with Crippen molar-refractivity contribution in [2.45, 2.75) is 45.3 Å². The van der Waals surface area contributed by atoms with E-state index in [9.17, 15) is 8.42 Å². The van der Waals surface area contributed by atoms with E-state index < -0.39 is 10.0 Å². The predicted molar refractivity (Wildman–Crippen MR) is 84.4 cm³/mol. The van der Waals surface area contributed by atoms with Gasteiger partial charge in [-0.05, 0) is 31.8 Å². The van der Waals surface area contributed by atoms with Gasteiger partial charge in [0.2, 0.25) is 10.0 Å². The van der Waals surface area contributed by atoms with Crippen LogP contribution in [-0.2, 0) is 10.0 Å². The number of hydrogen-bond acceptors (Lipinski definition) is 4. The van der Waals surface area contributed by atoms with E-state index in [1.165, 1.54) is 0 Å². The van der Waals surface area contributed by atoms with Gasteiger partial charge in [-0.2, -0.15) is 0 Å². The van der Waals surface area contributed by atoms with Crippen molar-refractivity contribution in [3.05, 3.63) is 0 Å². The van der Waals surface area contributed by atoms with Crippen molar-refractivity contribution < 1.29 is 8.42 Å². The number of nitrogens with one attached hydrogen (secondary N) is 2. The Hall–Kier alpha value is -0.170. The molecule has 20 heavy (non-hydrogen) atoms. The average molecular weight is 305 g/mol. The molecule has 5 nitrogen and oxygen atoms in total. The van der Waals surface area contributed by atoms with Crippen LogP contribution in [0.25, 0.3) is 0 Å². The van der Waals surface area contributed by atoms with Crippen molar-refractivity contribution in [2.75, 3.05) is 39.3 Å². The van der Waals surface area contributed by atoms with E-state index in [1.54, 1.807) is 0 Å². The van der Waals surface area contributed by atoms with Crippen molar-refractivity contribution >= 4 is 10.0 Å². The number of likely N-dealkylation sites (tertiary alicyclic amines) is 1. The van der Waals surface area contributed by atoms with Gasteiger partial charge < -0.3 is 10.2 Å². The lowest BCUT2D eigenvalue weighted by Crippen LogP contribution is -2.58. The van der Waals surface area contributed by atoms with Crippen LogP contribution < -0.4 is 10.0 Å². The molecule has 0 bridgehead atoms. The Morgan fingerprint density at radius 1 is 1.15 bits per heavy atom. The lowest BCUT2D eigenvalue weighted by Gasteiger charge is -2.39. The first-order valence-corrected chi connectivity index (χ1v) is 9.42. The van der Waals surface area contributed by atoms with Gasteiger partial charge in [-0.3, -0.25) is 0 Å². The van der Waals surface area contributed by atoms with Crippen LogP contribution in [0.1, 0.15) is 40.0 Å². The third kappa shape index (κ3) is 6.52. The Balaban J connectivity index is 2.08. The summed E-state index contributed by atoms with van der Waals surface area (Å²) in [4.78, 5) is 2.21. The van der Waals surface area contributed by atoms with E-state index in [2.05, 4.69) is 35.7 Å². The number of unbranched alkanes of at least 4 members (excludes halogenated alkanes) is 2. The zero-order chi connectivity index (χ0) is 15.0. The lowest BCUT2D eigenvalue weighted by atomic mass is 10.1. The molecule has 0 saturated carbocycles. The van der Waals surface area contributed by atoms with Crippen LogP contribution in [0.15, 0.2) is 0 Å². The predicted octanol–water partition coefficient (Wildman–Crippen LogP) is 1.03. The molecule has 1 fully saturated rings. The molecule has 1 aliphatic rings. The van der Waals surface area contributed by atoms with Crippen LogP contribution in [0, 0.1) is 5.92 Å². The molecular weight excluding hydrogens is 274 g/mol. The van der Waals surface area contributed by atoms with E-state index in [1.807, 2.05) is 0 Å². The molecule has 0 aromatic rings. The van der Waals surface area contributed by atoms with E-state index in [0.717, 1.165) is 38.9 Å². The molecule has 0 aliphatic carbocycles. The summed E-state index contributed by atoms with van der Waals surface area (Å²) in [6.07, 6.45) is 3.11. The molecule has 0 radical (unpaired) electrons. The fourth-order valence-corrected chi connectivity index (χ4v) is 3.92. The first-order valence-electron chi connectivity index (χ1n) is 7.87. The van der Waals surface area contributed by atoms with Crippen molar-refractivity contribution in [3.63, 3.8) is 0 Å². The Morgan fingerprint density at radius 2 is 1.80 bits per heavy atom. The number of rotatable bonds is 11. The molecule has 1 heterocycles. The Labute approximate surface area is 124 Å². The highest BCUT2D eigenvalue weighted by molar-refractivity contribution is 7.90. The smallest absolute Gasteiger partial charge is 0.217 e. The van der Waals surface area contributed by atoms with E-state index >= 15 is 0 Å². The fourth-order valence-electron chi connectivity index (χ4n) is 2.45. The van der Waals surface area contributed by atoms with Crippen LogP contribution in [0.2, 0.25) is 0 Å². The van der Waals surface area contributed by atoms with Gasteiger partial charge in [-0.15, -0.1) is 0 Å². The molecule has 0 amide bonds. The van der Waals surface area contributed by atoms with Gasteiger partial charge in [0.15, 0.2) is 0 Å². The normalized spacial score (nSPS) is 17.6. The van der Waals surface area contributed by atoms with Gasteiger partial charge in [0.1, 0.15) is 5.25 Å². The van der Waals surface area contributed by atoms with E-state index in [0.29, 0.717) is 25.6 Å². The minimum Gasteiger partial charge on any atom is -0.317 e. The van der Waals surface area contributed by atoms with Gasteiger partial charge >= 0.3 is 0 Å². The molecule has 2 N–H and O–H groups in total. The molecule has 0 atom stereocenters. The molecule has 0 aromatic heterocycles. The SMILES string of the molecule is CCNCCCCCNS(=O)(=O)C1CN(CC(C)C)C1. The van der Waals surface area contributed by atoms with Crippen molar-refractivity contribution in [1.82, 2.24) is 14.9 Å². The molecule has 1 rings (SSSR count). The highest BCUT2D eigenvalue weighted by Crippen LogP contribution is 2.16. The van der Waals surface area contributed by atoms with Gasteiger partial charge in [0, 0.05) is 26.2 Å². The number of hydrogen-bond donors (Lipinski definition) is 2. The third-order valence-electron chi connectivity index (χ3n) is 3.57. The maximum atomic E-state index is 12.0. The fraction of sp³-hybridized carbons (Fsp3) is 1.00. The average Bonchev–Trinajstić information content (AvgIpc) is 2.31. The first kappa shape index (κ1) is 17.9. The molecule has 6 heteroatoms. The molecule has 0 spiro atoms. The van der Waals surface area contributed by atoms with Crippen LogP contribution in [0.5, 0.6) is 0 Å². The largest absolute Gasteiger partial charge is 0.317 e. The van der Waals surface area contributed by atoms with Crippen molar-refractivity contribution in [2.24, 2.45) is 5.92 Å². The zero-order valence-electron chi connectivity index (χ0n) is 13.2. The van der Waals surface area contributed by atoms with Crippen molar-refractivity contribution in [1.29, 1.82) is 0 Å². The second-order valence-corrected chi connectivity index (χ2v) is 8.13.